The lowest BCUT2D eigenvalue weighted by atomic mass is 10.1. The van der Waals surface area contributed by atoms with Crippen molar-refractivity contribution in [1.82, 2.24) is 10.4 Å². The number of aryl methyl sites for hydroxylation is 1. The van der Waals surface area contributed by atoms with Gasteiger partial charge in [0.15, 0.2) is 0 Å². The SMILES string of the molecule is COc1ccc(C(=O)NN=Cc2c(C)[nH]c3ccccc23)c(OC)c1. The second-order valence-electron chi connectivity index (χ2n) is 5.47. The number of methoxy groups -OCH3 is 2. The lowest BCUT2D eigenvalue weighted by molar-refractivity contribution is 0.0952. The number of carbonyl (C=O) groups excluding carboxylic acids is 1. The van der Waals surface area contributed by atoms with Crippen molar-refractivity contribution in [2.24, 2.45) is 5.10 Å². The Morgan fingerprint density at radius 1 is 1.16 bits per heavy atom. The maximum Gasteiger partial charge on any atom is 0.275 e. The van der Waals surface area contributed by atoms with Crippen LogP contribution in [0.4, 0.5) is 0 Å². The molecule has 0 unspecified atom stereocenters. The highest BCUT2D eigenvalue weighted by atomic mass is 16.5. The Labute approximate surface area is 145 Å². The molecule has 0 aliphatic rings. The van der Waals surface area contributed by atoms with E-state index in [2.05, 4.69) is 15.5 Å². The number of ether oxygens (including phenoxy) is 2. The number of hydrogen-bond donors (Lipinski definition) is 2. The van der Waals surface area contributed by atoms with E-state index in [0.29, 0.717) is 17.1 Å². The Morgan fingerprint density at radius 3 is 2.72 bits per heavy atom. The zero-order valence-electron chi connectivity index (χ0n) is 14.3. The highest BCUT2D eigenvalue weighted by molar-refractivity contribution is 6.02. The Balaban J connectivity index is 1.80. The summed E-state index contributed by atoms with van der Waals surface area (Å²) >= 11 is 0. The van der Waals surface area contributed by atoms with Crippen LogP contribution < -0.4 is 14.9 Å². The van der Waals surface area contributed by atoms with Gasteiger partial charge in [0.2, 0.25) is 0 Å². The molecule has 25 heavy (non-hydrogen) atoms. The van der Waals surface area contributed by atoms with Crippen LogP contribution in [-0.2, 0) is 0 Å². The van der Waals surface area contributed by atoms with Gasteiger partial charge in [0.05, 0.1) is 26.0 Å². The Morgan fingerprint density at radius 2 is 1.96 bits per heavy atom. The predicted molar refractivity (Wildman–Crippen MR) is 97.6 cm³/mol. The molecule has 2 N–H and O–H groups in total. The molecule has 1 aromatic heterocycles. The van der Waals surface area contributed by atoms with Crippen molar-refractivity contribution in [3.05, 3.63) is 59.3 Å². The lowest BCUT2D eigenvalue weighted by Crippen LogP contribution is -2.18. The summed E-state index contributed by atoms with van der Waals surface area (Å²) in [4.78, 5) is 15.6. The number of aromatic nitrogens is 1. The molecule has 0 saturated heterocycles. The molecule has 0 aliphatic heterocycles. The number of fused-ring (bicyclic) bond motifs is 1. The first-order valence-corrected chi connectivity index (χ1v) is 7.76. The van der Waals surface area contributed by atoms with E-state index < -0.39 is 0 Å². The molecule has 6 heteroatoms. The molecule has 0 radical (unpaired) electrons. The second kappa shape index (κ2) is 7.09. The average molecular weight is 337 g/mol. The van der Waals surface area contributed by atoms with Gasteiger partial charge in [-0.05, 0) is 25.1 Å². The number of nitrogens with one attached hydrogen (secondary N) is 2. The van der Waals surface area contributed by atoms with Gasteiger partial charge in [0.1, 0.15) is 11.5 Å². The molecular formula is C19H19N3O3. The maximum absolute atomic E-state index is 12.3. The summed E-state index contributed by atoms with van der Waals surface area (Å²) in [5.74, 6) is 0.690. The number of benzene rings is 2. The van der Waals surface area contributed by atoms with Gasteiger partial charge in [0.25, 0.3) is 5.91 Å². The Kier molecular flexibility index (Phi) is 4.70. The van der Waals surface area contributed by atoms with Crippen molar-refractivity contribution in [2.75, 3.05) is 14.2 Å². The van der Waals surface area contributed by atoms with Gasteiger partial charge in [-0.15, -0.1) is 0 Å². The van der Waals surface area contributed by atoms with Crippen LogP contribution in [0.25, 0.3) is 10.9 Å². The molecule has 1 amide bonds. The molecule has 3 rings (SSSR count). The average Bonchev–Trinajstić information content (AvgIpc) is 2.96. The third kappa shape index (κ3) is 3.33. The number of amides is 1. The Hall–Kier alpha value is -3.28. The monoisotopic (exact) mass is 337 g/mol. The van der Waals surface area contributed by atoms with Crippen molar-refractivity contribution in [1.29, 1.82) is 0 Å². The van der Waals surface area contributed by atoms with Crippen molar-refractivity contribution in [3.8, 4) is 11.5 Å². The van der Waals surface area contributed by atoms with Crippen LogP contribution in [-0.4, -0.2) is 31.3 Å². The number of para-hydroxylation sites is 1. The Bertz CT molecular complexity index is 944. The van der Waals surface area contributed by atoms with Crippen molar-refractivity contribution < 1.29 is 14.3 Å². The summed E-state index contributed by atoms with van der Waals surface area (Å²) in [6.07, 6.45) is 1.64. The van der Waals surface area contributed by atoms with Gasteiger partial charge < -0.3 is 14.5 Å². The van der Waals surface area contributed by atoms with Gasteiger partial charge in [0, 0.05) is 28.2 Å². The van der Waals surface area contributed by atoms with Gasteiger partial charge in [-0.3, -0.25) is 4.79 Å². The summed E-state index contributed by atoms with van der Waals surface area (Å²) in [6, 6.07) is 12.9. The van der Waals surface area contributed by atoms with Crippen LogP contribution in [0.2, 0.25) is 0 Å². The molecule has 0 bridgehead atoms. The van der Waals surface area contributed by atoms with Crippen LogP contribution >= 0.6 is 0 Å². The first kappa shape index (κ1) is 16.6. The maximum atomic E-state index is 12.3. The van der Waals surface area contributed by atoms with E-state index in [4.69, 9.17) is 9.47 Å². The number of hydrazone groups is 1. The molecule has 1 heterocycles. The molecule has 3 aromatic rings. The van der Waals surface area contributed by atoms with Crippen LogP contribution in [0.1, 0.15) is 21.6 Å². The third-order valence-corrected chi connectivity index (χ3v) is 3.96. The van der Waals surface area contributed by atoms with Crippen LogP contribution in [0.3, 0.4) is 0 Å². The van der Waals surface area contributed by atoms with Crippen molar-refractivity contribution in [2.45, 2.75) is 6.92 Å². The number of rotatable bonds is 5. The minimum absolute atomic E-state index is 0.353. The first-order chi connectivity index (χ1) is 12.1. The molecule has 6 nitrogen and oxygen atoms in total. The number of hydrogen-bond acceptors (Lipinski definition) is 4. The minimum Gasteiger partial charge on any atom is -0.497 e. The predicted octanol–water partition coefficient (Wildman–Crippen LogP) is 3.26. The van der Waals surface area contributed by atoms with E-state index in [1.54, 1.807) is 31.5 Å². The summed E-state index contributed by atoms with van der Waals surface area (Å²) in [5, 5.41) is 5.14. The third-order valence-electron chi connectivity index (χ3n) is 3.96. The number of carbonyl (C=O) groups is 1. The van der Waals surface area contributed by atoms with Crippen LogP contribution in [0, 0.1) is 6.92 Å². The van der Waals surface area contributed by atoms with E-state index in [1.807, 2.05) is 31.2 Å². The topological polar surface area (TPSA) is 75.7 Å². The quantitative estimate of drug-likeness (QED) is 0.554. The van der Waals surface area contributed by atoms with Gasteiger partial charge >= 0.3 is 0 Å². The summed E-state index contributed by atoms with van der Waals surface area (Å²) in [7, 11) is 3.06. The van der Waals surface area contributed by atoms with E-state index in [-0.39, 0.29) is 5.91 Å². The van der Waals surface area contributed by atoms with Gasteiger partial charge in [-0.1, -0.05) is 18.2 Å². The smallest absolute Gasteiger partial charge is 0.275 e. The molecule has 0 spiro atoms. The molecular weight excluding hydrogens is 318 g/mol. The van der Waals surface area contributed by atoms with Crippen molar-refractivity contribution in [3.63, 3.8) is 0 Å². The van der Waals surface area contributed by atoms with E-state index in [9.17, 15) is 4.79 Å². The second-order valence-corrected chi connectivity index (χ2v) is 5.47. The number of aromatic amines is 1. The van der Waals surface area contributed by atoms with E-state index in [1.165, 1.54) is 7.11 Å². The zero-order valence-corrected chi connectivity index (χ0v) is 14.3. The minimum atomic E-state index is -0.353. The summed E-state index contributed by atoms with van der Waals surface area (Å²) in [6.45, 7) is 1.97. The highest BCUT2D eigenvalue weighted by Gasteiger charge is 2.13. The highest BCUT2D eigenvalue weighted by Crippen LogP contribution is 2.24. The molecule has 0 aliphatic carbocycles. The summed E-state index contributed by atoms with van der Waals surface area (Å²) in [5.41, 5.74) is 5.88. The normalized spacial score (nSPS) is 11.0. The largest absolute Gasteiger partial charge is 0.497 e. The van der Waals surface area contributed by atoms with Crippen molar-refractivity contribution >= 4 is 23.0 Å². The standard InChI is InChI=1S/C19H19N3O3/c1-12-16(14-6-4-5-7-17(14)21-12)11-20-22-19(23)15-9-8-13(24-2)10-18(15)25-3/h4-11,21H,1-3H3,(H,22,23). The van der Waals surface area contributed by atoms with Crippen LogP contribution in [0.15, 0.2) is 47.6 Å². The van der Waals surface area contributed by atoms with E-state index >= 15 is 0 Å². The number of H-pyrrole nitrogens is 1. The summed E-state index contributed by atoms with van der Waals surface area (Å²) < 4.78 is 10.4. The number of nitrogens with zero attached hydrogens (tertiary/aromatic N) is 1. The van der Waals surface area contributed by atoms with Gasteiger partial charge in [-0.25, -0.2) is 5.43 Å². The lowest BCUT2D eigenvalue weighted by Gasteiger charge is -2.08. The van der Waals surface area contributed by atoms with Crippen LogP contribution in [0.5, 0.6) is 11.5 Å². The fourth-order valence-corrected chi connectivity index (χ4v) is 2.67. The fourth-order valence-electron chi connectivity index (χ4n) is 2.67. The zero-order chi connectivity index (χ0) is 17.8. The molecule has 2 aromatic carbocycles. The van der Waals surface area contributed by atoms with E-state index in [0.717, 1.165) is 22.2 Å². The fraction of sp³-hybridized carbons (Fsp3) is 0.158. The molecule has 0 saturated carbocycles. The first-order valence-electron chi connectivity index (χ1n) is 7.76. The molecule has 0 fully saturated rings. The molecule has 0 atom stereocenters. The van der Waals surface area contributed by atoms with Gasteiger partial charge in [-0.2, -0.15) is 5.10 Å². The molecule has 128 valence electrons.